The molecule has 0 rings (SSSR count). The SMILES string of the molecule is FC(F)OC(Cl)C(F)(F)F.FC(F)OC(Cl)C(F)(F)F. The Bertz CT molecular complexity index is 229. The van der Waals surface area contributed by atoms with Gasteiger partial charge in [0.05, 0.1) is 0 Å². The third kappa shape index (κ3) is 12.8. The van der Waals surface area contributed by atoms with Crippen molar-refractivity contribution in [2.75, 3.05) is 0 Å². The lowest BCUT2D eigenvalue weighted by Crippen LogP contribution is -2.27. The normalized spacial score (nSPS) is 15.9. The van der Waals surface area contributed by atoms with Gasteiger partial charge in [-0.3, -0.25) is 9.47 Å². The fraction of sp³-hybridized carbons (Fsp3) is 1.00. The third-order valence-corrected chi connectivity index (χ3v) is 1.66. The molecule has 0 N–H and O–H groups in total. The van der Waals surface area contributed by atoms with Crippen LogP contribution in [0.4, 0.5) is 43.9 Å². The zero-order chi connectivity index (χ0) is 16.7. The quantitative estimate of drug-likeness (QED) is 0.528. The average Bonchev–Trinajstić information content (AvgIpc) is 2.13. The number of alkyl halides is 12. The van der Waals surface area contributed by atoms with E-state index in [-0.39, 0.29) is 0 Å². The van der Waals surface area contributed by atoms with E-state index in [9.17, 15) is 43.9 Å². The second-order valence-electron chi connectivity index (χ2n) is 2.51. The molecule has 0 aliphatic rings. The summed E-state index contributed by atoms with van der Waals surface area (Å²) in [5.74, 6) is 0. The molecule has 0 bridgehead atoms. The minimum atomic E-state index is -4.95. The second kappa shape index (κ2) is 8.95. The van der Waals surface area contributed by atoms with Crippen molar-refractivity contribution < 1.29 is 53.4 Å². The monoisotopic (exact) mass is 368 g/mol. The van der Waals surface area contributed by atoms with E-state index in [4.69, 9.17) is 0 Å². The first-order valence-electron chi connectivity index (χ1n) is 3.96. The van der Waals surface area contributed by atoms with Crippen molar-refractivity contribution in [3.8, 4) is 0 Å². The van der Waals surface area contributed by atoms with E-state index in [0.717, 1.165) is 0 Å². The number of rotatable bonds is 4. The van der Waals surface area contributed by atoms with Gasteiger partial charge in [-0.2, -0.15) is 43.9 Å². The van der Waals surface area contributed by atoms with Crippen LogP contribution in [0.2, 0.25) is 0 Å². The van der Waals surface area contributed by atoms with Gasteiger partial charge in [0.15, 0.2) is 0 Å². The van der Waals surface area contributed by atoms with Gasteiger partial charge >= 0.3 is 25.6 Å². The van der Waals surface area contributed by atoms with Crippen molar-refractivity contribution in [3.05, 3.63) is 0 Å². The largest absolute Gasteiger partial charge is 0.428 e. The van der Waals surface area contributed by atoms with E-state index in [2.05, 4.69) is 32.7 Å². The number of ether oxygens (including phenoxy) is 2. The molecule has 14 heteroatoms. The molecule has 124 valence electrons. The molecule has 0 radical (unpaired) electrons. The molecule has 0 aromatic rings. The molecule has 0 saturated carbocycles. The second-order valence-corrected chi connectivity index (χ2v) is 3.30. The fourth-order valence-electron chi connectivity index (χ4n) is 0.335. The van der Waals surface area contributed by atoms with Crippen molar-refractivity contribution in [1.29, 1.82) is 0 Å². The van der Waals surface area contributed by atoms with Crippen LogP contribution in [0.15, 0.2) is 0 Å². The highest BCUT2D eigenvalue weighted by Crippen LogP contribution is 2.27. The summed E-state index contributed by atoms with van der Waals surface area (Å²) < 4.78 is 117. The first-order valence-corrected chi connectivity index (χ1v) is 4.84. The summed E-state index contributed by atoms with van der Waals surface area (Å²) in [5, 5.41) is 0. The Morgan fingerprint density at radius 2 is 0.800 bits per heavy atom. The fourth-order valence-corrected chi connectivity index (χ4v) is 0.490. The van der Waals surface area contributed by atoms with Crippen molar-refractivity contribution in [3.63, 3.8) is 0 Å². The van der Waals surface area contributed by atoms with E-state index in [0.29, 0.717) is 0 Å². The van der Waals surface area contributed by atoms with Crippen LogP contribution in [0, 0.1) is 0 Å². The minimum absolute atomic E-state index is 2.92. The maximum Gasteiger partial charge on any atom is 0.428 e. The van der Waals surface area contributed by atoms with Crippen LogP contribution in [-0.4, -0.2) is 36.7 Å². The number of halogens is 12. The molecular formula is C6H4Cl2F10O2. The van der Waals surface area contributed by atoms with Gasteiger partial charge in [-0.1, -0.05) is 23.2 Å². The Balaban J connectivity index is 0. The molecule has 0 spiro atoms. The summed E-state index contributed by atoms with van der Waals surface area (Å²) in [6.45, 7) is -7.02. The third-order valence-electron chi connectivity index (χ3n) is 0.959. The molecule has 2 atom stereocenters. The molecule has 0 aromatic carbocycles. The van der Waals surface area contributed by atoms with Crippen molar-refractivity contribution in [1.82, 2.24) is 0 Å². The molecule has 0 saturated heterocycles. The number of hydrogen-bond donors (Lipinski definition) is 0. The van der Waals surface area contributed by atoms with Crippen LogP contribution in [0.5, 0.6) is 0 Å². The summed E-state index contributed by atoms with van der Waals surface area (Å²) in [5.41, 5.74) is -5.88. The lowest BCUT2D eigenvalue weighted by Gasteiger charge is -2.12. The Labute approximate surface area is 114 Å². The lowest BCUT2D eigenvalue weighted by atomic mass is 10.7. The molecule has 0 aromatic heterocycles. The first kappa shape index (κ1) is 22.1. The highest BCUT2D eigenvalue weighted by molar-refractivity contribution is 6.20. The zero-order valence-electron chi connectivity index (χ0n) is 8.66. The van der Waals surface area contributed by atoms with Gasteiger partial charge in [0.1, 0.15) is 0 Å². The predicted octanol–water partition coefficient (Wildman–Crippen LogP) is 4.71. The van der Waals surface area contributed by atoms with Crippen LogP contribution in [-0.2, 0) is 9.47 Å². The summed E-state index contributed by atoms with van der Waals surface area (Å²) >= 11 is 8.65. The summed E-state index contributed by atoms with van der Waals surface area (Å²) in [4.78, 5) is 0. The van der Waals surface area contributed by atoms with Gasteiger partial charge in [0.2, 0.25) is 11.1 Å². The van der Waals surface area contributed by atoms with Crippen molar-refractivity contribution in [2.45, 2.75) is 36.7 Å². The van der Waals surface area contributed by atoms with Gasteiger partial charge < -0.3 is 0 Å². The zero-order valence-corrected chi connectivity index (χ0v) is 10.2. The van der Waals surface area contributed by atoms with Gasteiger partial charge in [0, 0.05) is 0 Å². The molecule has 0 aliphatic carbocycles. The molecule has 0 amide bonds. The molecule has 2 unspecified atom stereocenters. The minimum Gasteiger partial charge on any atom is -0.294 e. The van der Waals surface area contributed by atoms with E-state index in [1.165, 1.54) is 0 Å². The highest BCUT2D eigenvalue weighted by Gasteiger charge is 2.41. The van der Waals surface area contributed by atoms with Gasteiger partial charge in [0.25, 0.3) is 0 Å². The molecule has 2 nitrogen and oxygen atoms in total. The standard InChI is InChI=1S/2C3H2ClF5O/c2*4-1(3(7,8)9)10-2(5)6/h2*1-2H. The molecule has 0 fully saturated rings. The summed E-state index contributed by atoms with van der Waals surface area (Å²) in [7, 11) is 0. The summed E-state index contributed by atoms with van der Waals surface area (Å²) in [6.07, 6.45) is -9.89. The Morgan fingerprint density at radius 1 is 0.600 bits per heavy atom. The molecule has 0 heterocycles. The average molecular weight is 369 g/mol. The van der Waals surface area contributed by atoms with Gasteiger partial charge in [-0.05, 0) is 0 Å². The highest BCUT2D eigenvalue weighted by atomic mass is 35.5. The van der Waals surface area contributed by atoms with Gasteiger partial charge in [-0.15, -0.1) is 0 Å². The molecule has 20 heavy (non-hydrogen) atoms. The maximum atomic E-state index is 11.2. The van der Waals surface area contributed by atoms with Crippen LogP contribution >= 0.6 is 23.2 Å². The lowest BCUT2D eigenvalue weighted by molar-refractivity contribution is -0.246. The smallest absolute Gasteiger partial charge is 0.294 e. The van der Waals surface area contributed by atoms with E-state index in [1.807, 2.05) is 0 Å². The van der Waals surface area contributed by atoms with E-state index >= 15 is 0 Å². The predicted molar refractivity (Wildman–Crippen MR) is 45.6 cm³/mol. The first-order chi connectivity index (χ1) is 8.67. The van der Waals surface area contributed by atoms with Crippen LogP contribution < -0.4 is 0 Å². The molecule has 0 aliphatic heterocycles. The molecular weight excluding hydrogens is 365 g/mol. The topological polar surface area (TPSA) is 18.5 Å². The van der Waals surface area contributed by atoms with Crippen molar-refractivity contribution in [2.24, 2.45) is 0 Å². The Hall–Kier alpha value is -0.200. The maximum absolute atomic E-state index is 11.2. The Morgan fingerprint density at radius 3 is 0.850 bits per heavy atom. The Kier molecular flexibility index (Phi) is 9.88. The van der Waals surface area contributed by atoms with E-state index in [1.54, 1.807) is 0 Å². The van der Waals surface area contributed by atoms with Crippen LogP contribution in [0.25, 0.3) is 0 Å². The van der Waals surface area contributed by atoms with Crippen LogP contribution in [0.1, 0.15) is 0 Å². The summed E-state index contributed by atoms with van der Waals surface area (Å²) in [6, 6.07) is 0. The number of hydrogen-bond acceptors (Lipinski definition) is 2. The van der Waals surface area contributed by atoms with E-state index < -0.39 is 36.7 Å². The van der Waals surface area contributed by atoms with Gasteiger partial charge in [-0.25, -0.2) is 0 Å². The van der Waals surface area contributed by atoms with Crippen LogP contribution in [0.3, 0.4) is 0 Å². The van der Waals surface area contributed by atoms with Crippen molar-refractivity contribution >= 4 is 23.2 Å².